The minimum absolute atomic E-state index is 0.258. The molecule has 3 aromatic rings. The van der Waals surface area contributed by atoms with E-state index in [1.807, 2.05) is 26.1 Å². The van der Waals surface area contributed by atoms with E-state index < -0.39 is 11.6 Å². The number of nitrogens with zero attached hydrogens (tertiary/aromatic N) is 2. The molecule has 0 aliphatic heterocycles. The summed E-state index contributed by atoms with van der Waals surface area (Å²) in [6.45, 7) is 7.36. The number of carboxylic acids is 1. The van der Waals surface area contributed by atoms with E-state index in [4.69, 9.17) is 4.74 Å². The van der Waals surface area contributed by atoms with Crippen LogP contribution in [0.5, 0.6) is 5.75 Å². The minimum atomic E-state index is -1.33. The molecule has 0 fully saturated rings. The molecule has 7 heteroatoms. The zero-order valence-corrected chi connectivity index (χ0v) is 20.5. The monoisotopic (exact) mass is 463 g/mol. The first-order valence-electron chi connectivity index (χ1n) is 11.5. The Kier molecular flexibility index (Phi) is 7.76. The zero-order valence-electron chi connectivity index (χ0n) is 20.5. The fourth-order valence-corrected chi connectivity index (χ4v) is 3.60. The van der Waals surface area contributed by atoms with Gasteiger partial charge in [-0.25, -0.2) is 4.79 Å². The second-order valence-electron chi connectivity index (χ2n) is 9.04. The molecule has 7 nitrogen and oxygen atoms in total. The van der Waals surface area contributed by atoms with Crippen LogP contribution in [-0.4, -0.2) is 32.4 Å². The van der Waals surface area contributed by atoms with Gasteiger partial charge >= 0.3 is 5.97 Å². The van der Waals surface area contributed by atoms with Gasteiger partial charge in [0.25, 0.3) is 5.91 Å². The first-order valence-corrected chi connectivity index (χ1v) is 11.5. The molecule has 1 amide bonds. The predicted octanol–water partition coefficient (Wildman–Crippen LogP) is 4.91. The highest BCUT2D eigenvalue weighted by Gasteiger charge is 2.29. The fraction of sp³-hybridized carbons (Fsp3) is 0.370. The maximum atomic E-state index is 12.7. The molecule has 2 aromatic carbocycles. The normalized spacial score (nSPS) is 11.3. The van der Waals surface area contributed by atoms with Gasteiger partial charge in [0.15, 0.2) is 11.3 Å². The summed E-state index contributed by atoms with van der Waals surface area (Å²) in [4.78, 5) is 24.0. The van der Waals surface area contributed by atoms with E-state index in [1.54, 1.807) is 16.8 Å². The number of nitrogens with one attached hydrogen (secondary N) is 1. The third kappa shape index (κ3) is 6.04. The van der Waals surface area contributed by atoms with Crippen LogP contribution >= 0.6 is 0 Å². The molecule has 1 heterocycles. The van der Waals surface area contributed by atoms with Crippen molar-refractivity contribution in [1.29, 1.82) is 0 Å². The molecule has 0 atom stereocenters. The van der Waals surface area contributed by atoms with Gasteiger partial charge in [-0.1, -0.05) is 49.7 Å². The number of aromatic nitrogens is 2. The van der Waals surface area contributed by atoms with Crippen molar-refractivity contribution in [3.05, 3.63) is 70.9 Å². The summed E-state index contributed by atoms with van der Waals surface area (Å²) in [5, 5.41) is 16.6. The molecular weight excluding hydrogens is 430 g/mol. The van der Waals surface area contributed by atoms with Crippen molar-refractivity contribution in [3.8, 4) is 17.0 Å². The Labute approximate surface area is 200 Å². The van der Waals surface area contributed by atoms with E-state index in [0.29, 0.717) is 18.0 Å². The molecule has 0 saturated carbocycles. The number of aryl methyl sites for hydroxylation is 3. The molecule has 180 valence electrons. The van der Waals surface area contributed by atoms with Gasteiger partial charge in [-0.3, -0.25) is 9.48 Å². The zero-order chi connectivity index (χ0) is 24.9. The number of unbranched alkanes of at least 4 members (excludes halogenated alkanes) is 1. The van der Waals surface area contributed by atoms with Crippen molar-refractivity contribution in [2.45, 2.75) is 59.1 Å². The summed E-state index contributed by atoms with van der Waals surface area (Å²) < 4.78 is 7.35. The third-order valence-electron chi connectivity index (χ3n) is 5.75. The molecule has 0 radical (unpaired) electrons. The summed E-state index contributed by atoms with van der Waals surface area (Å²) in [7, 11) is 1.83. The van der Waals surface area contributed by atoms with Crippen LogP contribution in [0.25, 0.3) is 11.3 Å². The SMILES string of the molecule is CCCCc1ccc(-c2cc(C(=O)NCc3ccc(OC(C)(C)C(=O)O)c(C)c3)nn2C)cc1. The predicted molar refractivity (Wildman–Crippen MR) is 132 cm³/mol. The number of benzene rings is 2. The largest absolute Gasteiger partial charge is 0.478 e. The highest BCUT2D eigenvalue weighted by molar-refractivity contribution is 5.93. The topological polar surface area (TPSA) is 93.4 Å². The highest BCUT2D eigenvalue weighted by Crippen LogP contribution is 2.25. The van der Waals surface area contributed by atoms with Gasteiger partial charge in [0.1, 0.15) is 5.75 Å². The Bertz CT molecular complexity index is 1160. The van der Waals surface area contributed by atoms with Crippen LogP contribution in [0.4, 0.5) is 0 Å². The lowest BCUT2D eigenvalue weighted by Gasteiger charge is -2.23. The lowest BCUT2D eigenvalue weighted by Crippen LogP contribution is -2.38. The number of carbonyl (C=O) groups excluding carboxylic acids is 1. The van der Waals surface area contributed by atoms with Crippen molar-refractivity contribution in [1.82, 2.24) is 15.1 Å². The maximum Gasteiger partial charge on any atom is 0.347 e. The quantitative estimate of drug-likeness (QED) is 0.446. The van der Waals surface area contributed by atoms with Crippen LogP contribution in [0.3, 0.4) is 0 Å². The van der Waals surface area contributed by atoms with Gasteiger partial charge in [-0.05, 0) is 68.0 Å². The van der Waals surface area contributed by atoms with Crippen LogP contribution in [0.2, 0.25) is 0 Å². The Balaban J connectivity index is 1.64. The molecule has 2 N–H and O–H groups in total. The summed E-state index contributed by atoms with van der Waals surface area (Å²) in [6.07, 6.45) is 3.41. The van der Waals surface area contributed by atoms with Crippen molar-refractivity contribution in [3.63, 3.8) is 0 Å². The van der Waals surface area contributed by atoms with Gasteiger partial charge in [0.2, 0.25) is 0 Å². The van der Waals surface area contributed by atoms with Crippen LogP contribution in [0.15, 0.2) is 48.5 Å². The van der Waals surface area contributed by atoms with E-state index in [0.717, 1.165) is 28.8 Å². The second-order valence-corrected chi connectivity index (χ2v) is 9.04. The number of carboxylic acid groups (broad SMARTS) is 1. The van der Waals surface area contributed by atoms with E-state index in [-0.39, 0.29) is 5.91 Å². The Morgan fingerprint density at radius 2 is 1.76 bits per heavy atom. The second kappa shape index (κ2) is 10.5. The molecular formula is C27H33N3O4. The summed E-state index contributed by atoms with van der Waals surface area (Å²) >= 11 is 0. The average Bonchev–Trinajstić information content (AvgIpc) is 3.19. The van der Waals surface area contributed by atoms with Crippen molar-refractivity contribution < 1.29 is 19.4 Å². The standard InChI is InChI=1S/C27H33N3O4/c1-6-7-8-19-9-12-21(13-10-19)23-16-22(29-30(23)5)25(31)28-17-20-11-14-24(18(2)15-20)34-27(3,4)26(32)33/h9-16H,6-8,17H2,1-5H3,(H,28,31)(H,32,33). The minimum Gasteiger partial charge on any atom is -0.478 e. The van der Waals surface area contributed by atoms with E-state index in [1.165, 1.54) is 32.3 Å². The van der Waals surface area contributed by atoms with Crippen molar-refractivity contribution in [2.75, 3.05) is 0 Å². The number of rotatable bonds is 10. The molecule has 3 rings (SSSR count). The number of ether oxygens (including phenoxy) is 1. The van der Waals surface area contributed by atoms with Crippen molar-refractivity contribution >= 4 is 11.9 Å². The third-order valence-corrected chi connectivity index (χ3v) is 5.75. The Morgan fingerprint density at radius 3 is 2.38 bits per heavy atom. The molecule has 0 unspecified atom stereocenters. The number of carbonyl (C=O) groups is 2. The summed E-state index contributed by atoms with van der Waals surface area (Å²) in [5.41, 5.74) is 3.91. The van der Waals surface area contributed by atoms with Gasteiger partial charge in [0.05, 0.1) is 5.69 Å². The Hall–Kier alpha value is -3.61. The summed E-state index contributed by atoms with van der Waals surface area (Å²) in [6, 6.07) is 15.6. The number of amides is 1. The van der Waals surface area contributed by atoms with Crippen LogP contribution in [-0.2, 0) is 24.8 Å². The van der Waals surface area contributed by atoms with Gasteiger partial charge in [0, 0.05) is 13.6 Å². The van der Waals surface area contributed by atoms with E-state index in [9.17, 15) is 14.7 Å². The molecule has 0 bridgehead atoms. The molecule has 0 saturated heterocycles. The molecule has 0 aliphatic rings. The summed E-state index contributed by atoms with van der Waals surface area (Å²) in [5.74, 6) is -0.797. The van der Waals surface area contributed by atoms with E-state index >= 15 is 0 Å². The van der Waals surface area contributed by atoms with Crippen LogP contribution < -0.4 is 10.1 Å². The molecule has 1 aromatic heterocycles. The van der Waals surface area contributed by atoms with E-state index in [2.05, 4.69) is 41.6 Å². The number of aliphatic carboxylic acids is 1. The Morgan fingerprint density at radius 1 is 1.09 bits per heavy atom. The number of hydrogen-bond acceptors (Lipinski definition) is 4. The number of hydrogen-bond donors (Lipinski definition) is 2. The van der Waals surface area contributed by atoms with Gasteiger partial charge in [-0.15, -0.1) is 0 Å². The smallest absolute Gasteiger partial charge is 0.347 e. The van der Waals surface area contributed by atoms with Gasteiger partial charge in [-0.2, -0.15) is 5.10 Å². The highest BCUT2D eigenvalue weighted by atomic mass is 16.5. The molecule has 34 heavy (non-hydrogen) atoms. The fourth-order valence-electron chi connectivity index (χ4n) is 3.60. The van der Waals surface area contributed by atoms with Crippen molar-refractivity contribution in [2.24, 2.45) is 7.05 Å². The van der Waals surface area contributed by atoms with Gasteiger partial charge < -0.3 is 15.2 Å². The molecule has 0 spiro atoms. The first kappa shape index (κ1) is 25.0. The average molecular weight is 464 g/mol. The first-order chi connectivity index (χ1) is 16.1. The van der Waals surface area contributed by atoms with Crippen LogP contribution in [0, 0.1) is 6.92 Å². The lowest BCUT2D eigenvalue weighted by atomic mass is 10.0. The lowest BCUT2D eigenvalue weighted by molar-refractivity contribution is -0.152. The van der Waals surface area contributed by atoms with Crippen LogP contribution in [0.1, 0.15) is 60.8 Å². The maximum absolute atomic E-state index is 12.7. The molecule has 0 aliphatic carbocycles.